The van der Waals surface area contributed by atoms with Crippen molar-refractivity contribution in [2.75, 3.05) is 18.5 Å². The number of aromatic nitrogens is 3. The molecule has 0 atom stereocenters. The number of carbonyl (C=O) groups is 1. The number of anilines is 1. The van der Waals surface area contributed by atoms with Crippen LogP contribution in [0.15, 0.2) is 30.5 Å². The molecule has 0 aliphatic rings. The lowest BCUT2D eigenvalue weighted by atomic mass is 10.2. The number of rotatable bonds is 4. The van der Waals surface area contributed by atoms with E-state index in [0.29, 0.717) is 18.8 Å². The Morgan fingerprint density at radius 3 is 3.00 bits per heavy atom. The van der Waals surface area contributed by atoms with E-state index in [9.17, 15) is 9.18 Å². The summed E-state index contributed by atoms with van der Waals surface area (Å²) in [5.41, 5.74) is 6.04. The minimum atomic E-state index is -0.399. The van der Waals surface area contributed by atoms with E-state index in [1.165, 1.54) is 27.9 Å². The molecule has 2 aromatic rings. The third-order valence-corrected chi connectivity index (χ3v) is 2.62. The van der Waals surface area contributed by atoms with E-state index in [1.54, 1.807) is 19.2 Å². The second-order valence-electron chi connectivity index (χ2n) is 4.00. The predicted molar refractivity (Wildman–Crippen MR) is 68.2 cm³/mol. The van der Waals surface area contributed by atoms with Crippen molar-refractivity contribution >= 4 is 11.6 Å². The molecule has 1 aromatic heterocycles. The quantitative estimate of drug-likeness (QED) is 0.878. The van der Waals surface area contributed by atoms with Crippen LogP contribution in [0.1, 0.15) is 10.5 Å². The lowest BCUT2D eigenvalue weighted by molar-refractivity contribution is 0.0988. The van der Waals surface area contributed by atoms with Gasteiger partial charge in [0.2, 0.25) is 0 Å². The first-order chi connectivity index (χ1) is 9.11. The van der Waals surface area contributed by atoms with Gasteiger partial charge in [0.25, 0.3) is 5.91 Å². The second-order valence-corrected chi connectivity index (χ2v) is 4.00. The summed E-state index contributed by atoms with van der Waals surface area (Å²) in [4.78, 5) is 13.4. The van der Waals surface area contributed by atoms with Crippen molar-refractivity contribution in [1.82, 2.24) is 15.0 Å². The van der Waals surface area contributed by atoms with E-state index in [1.807, 2.05) is 0 Å². The number of hydrogen-bond donors (Lipinski definition) is 1. The number of nitrogens with two attached hydrogens (primary N) is 1. The molecule has 1 aromatic carbocycles. The van der Waals surface area contributed by atoms with E-state index in [-0.39, 0.29) is 11.6 Å². The van der Waals surface area contributed by atoms with Gasteiger partial charge in [0, 0.05) is 19.3 Å². The van der Waals surface area contributed by atoms with Crippen molar-refractivity contribution in [2.24, 2.45) is 5.73 Å². The number of hydrogen-bond acceptors (Lipinski definition) is 4. The van der Waals surface area contributed by atoms with Gasteiger partial charge in [-0.05, 0) is 18.2 Å². The molecule has 19 heavy (non-hydrogen) atoms. The molecule has 0 fully saturated rings. The van der Waals surface area contributed by atoms with E-state index in [0.717, 1.165) is 0 Å². The Morgan fingerprint density at radius 2 is 2.32 bits per heavy atom. The largest absolute Gasteiger partial charge is 0.329 e. The van der Waals surface area contributed by atoms with Crippen molar-refractivity contribution in [3.63, 3.8) is 0 Å². The zero-order chi connectivity index (χ0) is 13.8. The van der Waals surface area contributed by atoms with Gasteiger partial charge in [-0.25, -0.2) is 4.39 Å². The van der Waals surface area contributed by atoms with E-state index in [2.05, 4.69) is 10.3 Å². The highest BCUT2D eigenvalue weighted by atomic mass is 19.1. The van der Waals surface area contributed by atoms with Gasteiger partial charge < -0.3 is 10.6 Å². The smallest absolute Gasteiger partial charge is 0.280 e. The molecule has 2 N–H and O–H groups in total. The van der Waals surface area contributed by atoms with Crippen LogP contribution in [0.2, 0.25) is 0 Å². The number of carbonyl (C=O) groups excluding carboxylic acids is 1. The lowest BCUT2D eigenvalue weighted by Gasteiger charge is -2.15. The molecule has 0 aliphatic heterocycles. The van der Waals surface area contributed by atoms with Crippen molar-refractivity contribution in [2.45, 2.75) is 6.54 Å². The minimum absolute atomic E-state index is 0.195. The summed E-state index contributed by atoms with van der Waals surface area (Å²) in [5, 5.41) is 7.56. The zero-order valence-electron chi connectivity index (χ0n) is 10.5. The van der Waals surface area contributed by atoms with Crippen LogP contribution < -0.4 is 10.6 Å². The summed E-state index contributed by atoms with van der Waals surface area (Å²) in [6, 6.07) is 5.78. The minimum Gasteiger partial charge on any atom is -0.329 e. The molecule has 0 aliphatic carbocycles. The Labute approximate surface area is 109 Å². The molecule has 100 valence electrons. The molecule has 0 radical (unpaired) electrons. The van der Waals surface area contributed by atoms with Gasteiger partial charge in [-0.1, -0.05) is 11.3 Å². The molecule has 6 nitrogen and oxygen atoms in total. The Kier molecular flexibility index (Phi) is 3.86. The molecule has 7 heteroatoms. The van der Waals surface area contributed by atoms with Gasteiger partial charge in [-0.15, -0.1) is 5.10 Å². The first-order valence-corrected chi connectivity index (χ1v) is 5.75. The van der Waals surface area contributed by atoms with Crippen LogP contribution in [0, 0.1) is 5.82 Å². The highest BCUT2D eigenvalue weighted by Gasteiger charge is 2.17. The molecular weight excluding hydrogens is 249 g/mol. The summed E-state index contributed by atoms with van der Waals surface area (Å²) in [5.74, 6) is -0.752. The summed E-state index contributed by atoms with van der Waals surface area (Å²) in [7, 11) is 1.55. The highest BCUT2D eigenvalue weighted by molar-refractivity contribution is 6.04. The van der Waals surface area contributed by atoms with Crippen molar-refractivity contribution in [3.8, 4) is 0 Å². The number of amides is 1. The van der Waals surface area contributed by atoms with Crippen LogP contribution in [0.3, 0.4) is 0 Å². The molecular formula is C12H14FN5O. The van der Waals surface area contributed by atoms with Gasteiger partial charge in [0.1, 0.15) is 5.82 Å². The van der Waals surface area contributed by atoms with Crippen molar-refractivity contribution in [3.05, 3.63) is 42.0 Å². The SMILES string of the molecule is CN(C(=O)c1cn(CCN)nn1)c1cccc(F)c1. The lowest BCUT2D eigenvalue weighted by Crippen LogP contribution is -2.26. The maximum Gasteiger partial charge on any atom is 0.280 e. The van der Waals surface area contributed by atoms with Gasteiger partial charge >= 0.3 is 0 Å². The molecule has 0 saturated carbocycles. The summed E-state index contributed by atoms with van der Waals surface area (Å²) in [6.07, 6.45) is 1.52. The Balaban J connectivity index is 2.18. The number of halogens is 1. The van der Waals surface area contributed by atoms with Crippen LogP contribution >= 0.6 is 0 Å². The zero-order valence-corrected chi connectivity index (χ0v) is 10.5. The predicted octanol–water partition coefficient (Wildman–Crippen LogP) is 0.652. The summed E-state index contributed by atoms with van der Waals surface area (Å²) < 4.78 is 14.6. The third kappa shape index (κ3) is 2.94. The van der Waals surface area contributed by atoms with Crippen LogP contribution in [0.25, 0.3) is 0 Å². The van der Waals surface area contributed by atoms with Gasteiger partial charge in [0.05, 0.1) is 12.7 Å². The third-order valence-electron chi connectivity index (χ3n) is 2.62. The molecule has 1 amide bonds. The molecule has 2 rings (SSSR count). The van der Waals surface area contributed by atoms with E-state index >= 15 is 0 Å². The van der Waals surface area contributed by atoms with Crippen LogP contribution in [-0.2, 0) is 6.54 Å². The first kappa shape index (κ1) is 13.2. The molecule has 0 saturated heterocycles. The maximum absolute atomic E-state index is 13.1. The normalized spacial score (nSPS) is 10.5. The fourth-order valence-corrected chi connectivity index (χ4v) is 1.61. The maximum atomic E-state index is 13.1. The average molecular weight is 263 g/mol. The Hall–Kier alpha value is -2.28. The van der Waals surface area contributed by atoms with Crippen molar-refractivity contribution < 1.29 is 9.18 Å². The first-order valence-electron chi connectivity index (χ1n) is 5.75. The fourth-order valence-electron chi connectivity index (χ4n) is 1.61. The van der Waals surface area contributed by atoms with Crippen molar-refractivity contribution in [1.29, 1.82) is 0 Å². The number of benzene rings is 1. The van der Waals surface area contributed by atoms with Gasteiger partial charge in [-0.3, -0.25) is 9.48 Å². The number of nitrogens with zero attached hydrogens (tertiary/aromatic N) is 4. The monoisotopic (exact) mass is 263 g/mol. The summed E-state index contributed by atoms with van der Waals surface area (Å²) in [6.45, 7) is 0.903. The topological polar surface area (TPSA) is 77.0 Å². The Bertz CT molecular complexity index is 583. The highest BCUT2D eigenvalue weighted by Crippen LogP contribution is 2.15. The van der Waals surface area contributed by atoms with Crippen LogP contribution in [0.5, 0.6) is 0 Å². The molecule has 0 spiro atoms. The summed E-state index contributed by atoms with van der Waals surface area (Å²) >= 11 is 0. The van der Waals surface area contributed by atoms with E-state index < -0.39 is 5.82 Å². The van der Waals surface area contributed by atoms with Crippen LogP contribution in [-0.4, -0.2) is 34.5 Å². The average Bonchev–Trinajstić information content (AvgIpc) is 2.86. The fraction of sp³-hybridized carbons (Fsp3) is 0.250. The molecule has 1 heterocycles. The standard InChI is InChI=1S/C12H14FN5O/c1-17(10-4-2-3-9(13)7-10)12(19)11-8-18(6-5-14)16-15-11/h2-4,7-8H,5-6,14H2,1H3. The van der Waals surface area contributed by atoms with Crippen LogP contribution in [0.4, 0.5) is 10.1 Å². The van der Waals surface area contributed by atoms with Gasteiger partial charge in [-0.2, -0.15) is 0 Å². The molecule has 0 bridgehead atoms. The second kappa shape index (κ2) is 5.57. The van der Waals surface area contributed by atoms with E-state index in [4.69, 9.17) is 5.73 Å². The molecule has 0 unspecified atom stereocenters. The Morgan fingerprint density at radius 1 is 1.53 bits per heavy atom. The van der Waals surface area contributed by atoms with Gasteiger partial charge in [0.15, 0.2) is 5.69 Å².